The quantitative estimate of drug-likeness (QED) is 0.406. The molecule has 1 heterocycles. The standard InChI is InChI=1S/C19H14Cl2N2OS/c1-12-18(17(24)10-7-13-5-3-2-4-6-13)25-19(22-12)23-14-8-9-15(20)16(21)11-14/h2-11H,1H3,(H,22,23)/b10-7+. The first-order valence-corrected chi connectivity index (χ1v) is 9.07. The Morgan fingerprint density at radius 2 is 1.88 bits per heavy atom. The van der Waals surface area contributed by atoms with E-state index in [1.165, 1.54) is 11.3 Å². The molecule has 0 bridgehead atoms. The van der Waals surface area contributed by atoms with E-state index in [4.69, 9.17) is 23.2 Å². The molecular weight excluding hydrogens is 375 g/mol. The maximum atomic E-state index is 12.4. The predicted octanol–water partition coefficient (Wildman–Crippen LogP) is 6.40. The maximum Gasteiger partial charge on any atom is 0.197 e. The molecule has 3 aromatic rings. The van der Waals surface area contributed by atoms with Gasteiger partial charge in [0.25, 0.3) is 0 Å². The number of benzene rings is 2. The van der Waals surface area contributed by atoms with Crippen LogP contribution in [0.5, 0.6) is 0 Å². The van der Waals surface area contributed by atoms with Crippen molar-refractivity contribution >= 4 is 57.2 Å². The number of nitrogens with one attached hydrogen (secondary N) is 1. The van der Waals surface area contributed by atoms with Crippen LogP contribution in [0.3, 0.4) is 0 Å². The van der Waals surface area contributed by atoms with Crippen LogP contribution in [0.2, 0.25) is 10.0 Å². The molecule has 0 radical (unpaired) electrons. The fourth-order valence-electron chi connectivity index (χ4n) is 2.19. The molecule has 3 nitrogen and oxygen atoms in total. The molecule has 0 aliphatic rings. The van der Waals surface area contributed by atoms with Gasteiger partial charge in [0.2, 0.25) is 0 Å². The highest BCUT2D eigenvalue weighted by molar-refractivity contribution is 7.17. The van der Waals surface area contributed by atoms with Gasteiger partial charge in [-0.2, -0.15) is 0 Å². The number of rotatable bonds is 5. The van der Waals surface area contributed by atoms with Gasteiger partial charge in [0.05, 0.1) is 20.6 Å². The molecule has 0 spiro atoms. The third-order valence-electron chi connectivity index (χ3n) is 3.42. The summed E-state index contributed by atoms with van der Waals surface area (Å²) in [6.07, 6.45) is 3.37. The molecule has 6 heteroatoms. The minimum Gasteiger partial charge on any atom is -0.331 e. The zero-order chi connectivity index (χ0) is 17.8. The summed E-state index contributed by atoms with van der Waals surface area (Å²) in [6.45, 7) is 1.82. The summed E-state index contributed by atoms with van der Waals surface area (Å²) in [7, 11) is 0. The number of carbonyl (C=O) groups is 1. The molecule has 1 aromatic heterocycles. The molecule has 0 saturated carbocycles. The van der Waals surface area contributed by atoms with E-state index in [1.54, 1.807) is 24.3 Å². The molecule has 0 unspecified atom stereocenters. The van der Waals surface area contributed by atoms with Crippen molar-refractivity contribution in [2.75, 3.05) is 5.32 Å². The summed E-state index contributed by atoms with van der Waals surface area (Å²) in [5, 5.41) is 4.73. The van der Waals surface area contributed by atoms with Gasteiger partial charge in [-0.25, -0.2) is 4.98 Å². The van der Waals surface area contributed by atoms with E-state index in [9.17, 15) is 4.79 Å². The molecule has 0 aliphatic heterocycles. The number of hydrogen-bond donors (Lipinski definition) is 1. The number of aryl methyl sites for hydroxylation is 1. The predicted molar refractivity (Wildman–Crippen MR) is 106 cm³/mol. The number of hydrogen-bond acceptors (Lipinski definition) is 4. The number of nitrogens with zero attached hydrogens (tertiary/aromatic N) is 1. The Hall–Kier alpha value is -2.14. The fourth-order valence-corrected chi connectivity index (χ4v) is 3.39. The Labute approximate surface area is 159 Å². The molecular formula is C19H14Cl2N2OS. The van der Waals surface area contributed by atoms with Gasteiger partial charge in [-0.05, 0) is 36.8 Å². The summed E-state index contributed by atoms with van der Waals surface area (Å²) < 4.78 is 0. The topological polar surface area (TPSA) is 42.0 Å². The SMILES string of the molecule is Cc1nc(Nc2ccc(Cl)c(Cl)c2)sc1C(=O)/C=C/c1ccccc1. The van der Waals surface area contributed by atoms with Crippen LogP contribution >= 0.6 is 34.5 Å². The summed E-state index contributed by atoms with van der Waals surface area (Å²) in [4.78, 5) is 17.4. The summed E-state index contributed by atoms with van der Waals surface area (Å²) in [5.74, 6) is -0.0685. The van der Waals surface area contributed by atoms with Crippen LogP contribution in [0.25, 0.3) is 6.08 Å². The van der Waals surface area contributed by atoms with Crippen molar-refractivity contribution < 1.29 is 4.79 Å². The van der Waals surface area contributed by atoms with Crippen molar-refractivity contribution in [3.8, 4) is 0 Å². The van der Waals surface area contributed by atoms with Crippen molar-refractivity contribution in [2.45, 2.75) is 6.92 Å². The van der Waals surface area contributed by atoms with Crippen LogP contribution in [0.1, 0.15) is 20.9 Å². The molecule has 0 saturated heterocycles. The lowest BCUT2D eigenvalue weighted by atomic mass is 10.2. The number of thiazole rings is 1. The van der Waals surface area contributed by atoms with E-state index >= 15 is 0 Å². The summed E-state index contributed by atoms with van der Waals surface area (Å²) >= 11 is 13.2. The summed E-state index contributed by atoms with van der Waals surface area (Å²) in [5.41, 5.74) is 2.43. The second-order valence-corrected chi connectivity index (χ2v) is 7.11. The number of carbonyl (C=O) groups excluding carboxylic acids is 1. The number of allylic oxidation sites excluding steroid dienone is 1. The lowest BCUT2D eigenvalue weighted by Gasteiger charge is -2.03. The van der Waals surface area contributed by atoms with Gasteiger partial charge in [-0.1, -0.05) is 70.9 Å². The minimum atomic E-state index is -0.0685. The van der Waals surface area contributed by atoms with Crippen molar-refractivity contribution in [1.82, 2.24) is 4.98 Å². The van der Waals surface area contributed by atoms with Gasteiger partial charge in [0.1, 0.15) is 0 Å². The Kier molecular flexibility index (Phi) is 5.53. The zero-order valence-electron chi connectivity index (χ0n) is 13.3. The van der Waals surface area contributed by atoms with E-state index in [0.29, 0.717) is 25.7 Å². The number of aromatic nitrogens is 1. The van der Waals surface area contributed by atoms with Gasteiger partial charge in [-0.15, -0.1) is 0 Å². The van der Waals surface area contributed by atoms with Crippen LogP contribution < -0.4 is 5.32 Å². The Morgan fingerprint density at radius 1 is 1.12 bits per heavy atom. The molecule has 126 valence electrons. The van der Waals surface area contributed by atoms with Crippen molar-refractivity contribution in [3.63, 3.8) is 0 Å². The minimum absolute atomic E-state index is 0.0685. The van der Waals surface area contributed by atoms with Gasteiger partial charge >= 0.3 is 0 Å². The van der Waals surface area contributed by atoms with Gasteiger partial charge in [0.15, 0.2) is 10.9 Å². The largest absolute Gasteiger partial charge is 0.331 e. The van der Waals surface area contributed by atoms with Gasteiger partial charge in [-0.3, -0.25) is 4.79 Å². The third-order valence-corrected chi connectivity index (χ3v) is 5.24. The normalized spacial score (nSPS) is 11.0. The lowest BCUT2D eigenvalue weighted by Crippen LogP contribution is -1.93. The zero-order valence-corrected chi connectivity index (χ0v) is 15.6. The fraction of sp³-hybridized carbons (Fsp3) is 0.0526. The lowest BCUT2D eigenvalue weighted by molar-refractivity contribution is 0.105. The van der Waals surface area contributed by atoms with Crippen LogP contribution in [-0.2, 0) is 0 Å². The highest BCUT2D eigenvalue weighted by Gasteiger charge is 2.13. The molecule has 3 rings (SSSR count). The van der Waals surface area contributed by atoms with Crippen molar-refractivity contribution in [1.29, 1.82) is 0 Å². The first-order valence-electron chi connectivity index (χ1n) is 7.50. The average molecular weight is 389 g/mol. The van der Waals surface area contributed by atoms with Crippen molar-refractivity contribution in [2.24, 2.45) is 0 Å². The second kappa shape index (κ2) is 7.83. The van der Waals surface area contributed by atoms with Crippen LogP contribution in [-0.4, -0.2) is 10.8 Å². The molecule has 1 N–H and O–H groups in total. The summed E-state index contributed by atoms with van der Waals surface area (Å²) in [6, 6.07) is 14.9. The number of halogens is 2. The van der Waals surface area contributed by atoms with Crippen molar-refractivity contribution in [3.05, 3.63) is 80.8 Å². The number of anilines is 2. The Morgan fingerprint density at radius 3 is 2.60 bits per heavy atom. The van der Waals surface area contributed by atoms with Gasteiger partial charge < -0.3 is 5.32 Å². The maximum absolute atomic E-state index is 12.4. The Bertz CT molecular complexity index is 936. The highest BCUT2D eigenvalue weighted by atomic mass is 35.5. The second-order valence-electron chi connectivity index (χ2n) is 5.30. The van der Waals surface area contributed by atoms with Crippen LogP contribution in [0.4, 0.5) is 10.8 Å². The molecule has 0 fully saturated rings. The number of ketones is 1. The average Bonchev–Trinajstić information content (AvgIpc) is 2.97. The monoisotopic (exact) mass is 388 g/mol. The van der Waals surface area contributed by atoms with Crippen LogP contribution in [0.15, 0.2) is 54.6 Å². The Balaban J connectivity index is 1.76. The first-order chi connectivity index (χ1) is 12.0. The molecule has 0 atom stereocenters. The highest BCUT2D eigenvalue weighted by Crippen LogP contribution is 2.30. The van der Waals surface area contributed by atoms with E-state index in [1.807, 2.05) is 43.3 Å². The third kappa shape index (κ3) is 4.48. The molecule has 0 aliphatic carbocycles. The van der Waals surface area contributed by atoms with E-state index < -0.39 is 0 Å². The molecule has 25 heavy (non-hydrogen) atoms. The first kappa shape index (κ1) is 17.7. The smallest absolute Gasteiger partial charge is 0.197 e. The van der Waals surface area contributed by atoms with E-state index in [-0.39, 0.29) is 5.78 Å². The van der Waals surface area contributed by atoms with Crippen LogP contribution in [0, 0.1) is 6.92 Å². The van der Waals surface area contributed by atoms with E-state index in [0.717, 1.165) is 11.3 Å². The molecule has 0 amide bonds. The van der Waals surface area contributed by atoms with Gasteiger partial charge in [0, 0.05) is 5.69 Å². The molecule has 2 aromatic carbocycles. The van der Waals surface area contributed by atoms with E-state index in [2.05, 4.69) is 10.3 Å².